The molecule has 0 unspecified atom stereocenters. The lowest BCUT2D eigenvalue weighted by atomic mass is 9.50. The van der Waals surface area contributed by atoms with Crippen LogP contribution in [0.4, 0.5) is 35.1 Å². The van der Waals surface area contributed by atoms with Crippen LogP contribution in [0.1, 0.15) is 108 Å². The highest BCUT2D eigenvalue weighted by Crippen LogP contribution is 2.66. The Balaban J connectivity index is 1.22. The zero-order valence-corrected chi connectivity index (χ0v) is 26.6. The second kappa shape index (κ2) is 13.5. The summed E-state index contributed by atoms with van der Waals surface area (Å²) in [4.78, 5) is 2.10. The van der Waals surface area contributed by atoms with Crippen molar-refractivity contribution in [2.24, 2.45) is 23.2 Å². The van der Waals surface area contributed by atoms with Crippen molar-refractivity contribution in [3.8, 4) is 5.75 Å². The Morgan fingerprint density at radius 1 is 0.911 bits per heavy atom. The van der Waals surface area contributed by atoms with Gasteiger partial charge in [0.05, 0.1) is 5.60 Å². The third-order valence-corrected chi connectivity index (χ3v) is 11.6. The van der Waals surface area contributed by atoms with E-state index in [9.17, 15) is 40.9 Å². The fourth-order valence-electron chi connectivity index (χ4n) is 8.81. The minimum absolute atomic E-state index is 0.132. The molecular formula is C34H49F8NO2. The predicted molar refractivity (Wildman–Crippen MR) is 157 cm³/mol. The van der Waals surface area contributed by atoms with Crippen molar-refractivity contribution in [2.75, 3.05) is 20.1 Å². The molecule has 1 aromatic carbocycles. The van der Waals surface area contributed by atoms with E-state index in [1.165, 1.54) is 0 Å². The number of nitrogens with zero attached hydrogens (tertiary/aromatic N) is 1. The minimum Gasteiger partial charge on any atom is -0.508 e. The van der Waals surface area contributed by atoms with Crippen LogP contribution in [0.3, 0.4) is 0 Å². The van der Waals surface area contributed by atoms with E-state index in [4.69, 9.17) is 0 Å². The molecule has 11 heteroatoms. The lowest BCUT2D eigenvalue weighted by molar-refractivity contribution is -0.355. The van der Waals surface area contributed by atoms with Crippen LogP contribution in [-0.2, 0) is 6.42 Å². The van der Waals surface area contributed by atoms with Crippen molar-refractivity contribution in [2.45, 2.75) is 133 Å². The van der Waals surface area contributed by atoms with Crippen LogP contribution >= 0.6 is 0 Å². The number of benzene rings is 1. The second-order valence-electron chi connectivity index (χ2n) is 14.6. The lowest BCUT2D eigenvalue weighted by Crippen LogP contribution is -2.54. The average molecular weight is 656 g/mol. The fourth-order valence-corrected chi connectivity index (χ4v) is 8.81. The highest BCUT2D eigenvalue weighted by molar-refractivity contribution is 5.41. The monoisotopic (exact) mass is 655 g/mol. The molecular weight excluding hydrogens is 606 g/mol. The van der Waals surface area contributed by atoms with E-state index in [2.05, 4.69) is 11.8 Å². The summed E-state index contributed by atoms with van der Waals surface area (Å²) < 4.78 is 106. The van der Waals surface area contributed by atoms with E-state index in [1.807, 2.05) is 20.0 Å². The Morgan fingerprint density at radius 3 is 2.18 bits per heavy atom. The molecule has 3 nitrogen and oxygen atoms in total. The minimum atomic E-state index is -6.28. The standard InChI is InChI=1S/C34H49F8NO2/c1-30-21-27(35)29-25-13-12-24(44)20-23(25)19-22(28(29)26(30)14-16-31(30,2)45)11-7-6-10-18-43(3)17-9-5-4-8-15-32(36,37)33(38,39)34(40,41)42/h12-13,20,22,26-29,44-45H,4-11,14-19,21H2,1-3H3/t22-,26+,27+,28+,29+,30+,31-/m1/s1. The molecule has 0 saturated heterocycles. The molecule has 1 aromatic rings. The number of halogens is 8. The number of hydrogen-bond donors (Lipinski definition) is 2. The van der Waals surface area contributed by atoms with Gasteiger partial charge in [-0.05, 0) is 119 Å². The van der Waals surface area contributed by atoms with Crippen LogP contribution in [0.15, 0.2) is 18.2 Å². The number of aliphatic hydroxyl groups is 1. The van der Waals surface area contributed by atoms with Crippen molar-refractivity contribution in [1.29, 1.82) is 0 Å². The Hall–Kier alpha value is -1.62. The van der Waals surface area contributed by atoms with Gasteiger partial charge in [0.2, 0.25) is 0 Å². The van der Waals surface area contributed by atoms with Gasteiger partial charge in [-0.1, -0.05) is 38.7 Å². The molecule has 0 radical (unpaired) electrons. The molecule has 0 amide bonds. The first-order valence-corrected chi connectivity index (χ1v) is 16.5. The number of fused-ring (bicyclic) bond motifs is 5. The summed E-state index contributed by atoms with van der Waals surface area (Å²) in [6, 6.07) is 5.32. The highest BCUT2D eigenvalue weighted by Gasteiger charge is 2.72. The van der Waals surface area contributed by atoms with Crippen LogP contribution in [0.25, 0.3) is 0 Å². The summed E-state index contributed by atoms with van der Waals surface area (Å²) in [5, 5.41) is 21.4. The summed E-state index contributed by atoms with van der Waals surface area (Å²) in [6.07, 6.45) is -1.55. The van der Waals surface area contributed by atoms with Gasteiger partial charge in [-0.2, -0.15) is 30.7 Å². The Bertz CT molecular complexity index is 1140. The van der Waals surface area contributed by atoms with Crippen molar-refractivity contribution >= 4 is 0 Å². The normalized spacial score (nSPS) is 32.0. The van der Waals surface area contributed by atoms with Crippen LogP contribution in [-0.4, -0.2) is 65.0 Å². The predicted octanol–water partition coefficient (Wildman–Crippen LogP) is 9.45. The van der Waals surface area contributed by atoms with Gasteiger partial charge >= 0.3 is 18.0 Å². The molecule has 2 fully saturated rings. The summed E-state index contributed by atoms with van der Waals surface area (Å²) in [6.45, 7) is 5.40. The Kier molecular flexibility index (Phi) is 10.8. The topological polar surface area (TPSA) is 43.7 Å². The van der Waals surface area contributed by atoms with E-state index in [1.54, 1.807) is 12.1 Å². The van der Waals surface area contributed by atoms with Crippen molar-refractivity contribution in [3.63, 3.8) is 0 Å². The molecule has 0 spiro atoms. The molecule has 7 atom stereocenters. The Morgan fingerprint density at radius 2 is 1.53 bits per heavy atom. The number of unbranched alkanes of at least 4 members (excludes halogenated alkanes) is 5. The molecule has 0 bridgehead atoms. The van der Waals surface area contributed by atoms with Gasteiger partial charge in [-0.15, -0.1) is 0 Å². The van der Waals surface area contributed by atoms with Crippen molar-refractivity contribution < 1.29 is 45.3 Å². The Labute approximate surface area is 261 Å². The first-order chi connectivity index (χ1) is 20.8. The van der Waals surface area contributed by atoms with E-state index in [0.717, 1.165) is 56.2 Å². The third kappa shape index (κ3) is 7.29. The van der Waals surface area contributed by atoms with E-state index in [0.29, 0.717) is 32.2 Å². The maximum absolute atomic E-state index is 16.1. The number of alkyl halides is 8. The number of aromatic hydroxyl groups is 1. The van der Waals surface area contributed by atoms with Gasteiger partial charge in [0.15, 0.2) is 0 Å². The summed E-state index contributed by atoms with van der Waals surface area (Å²) in [5.74, 6) is -10.6. The van der Waals surface area contributed by atoms with Crippen LogP contribution < -0.4 is 0 Å². The van der Waals surface area contributed by atoms with Crippen LogP contribution in [0.2, 0.25) is 0 Å². The molecule has 2 N–H and O–H groups in total. The third-order valence-electron chi connectivity index (χ3n) is 11.6. The largest absolute Gasteiger partial charge is 0.508 e. The molecule has 0 heterocycles. The molecule has 0 aromatic heterocycles. The van der Waals surface area contributed by atoms with Gasteiger partial charge in [-0.25, -0.2) is 4.39 Å². The smallest absolute Gasteiger partial charge is 0.459 e. The zero-order valence-electron chi connectivity index (χ0n) is 26.6. The van der Waals surface area contributed by atoms with Crippen molar-refractivity contribution in [1.82, 2.24) is 4.90 Å². The fraction of sp³-hybridized carbons (Fsp3) is 0.824. The van der Waals surface area contributed by atoms with E-state index in [-0.39, 0.29) is 35.8 Å². The SMILES string of the molecule is CN(CCCCCCC(F)(F)C(F)(F)C(F)(F)F)CCCCC[C@@H]1Cc2cc(O)ccc2[C@@H]2[C@@H]1[C@@H]1CC[C@@](C)(O)[C@@]1(C)C[C@@H]2F. The first-order valence-electron chi connectivity index (χ1n) is 16.5. The molecule has 3 aliphatic carbocycles. The molecule has 45 heavy (non-hydrogen) atoms. The molecule has 0 aliphatic heterocycles. The van der Waals surface area contributed by atoms with E-state index >= 15 is 4.39 Å². The maximum atomic E-state index is 16.1. The number of rotatable bonds is 14. The number of phenols is 1. The number of hydrogen-bond acceptors (Lipinski definition) is 3. The molecule has 4 rings (SSSR count). The summed E-state index contributed by atoms with van der Waals surface area (Å²) in [7, 11) is 1.93. The van der Waals surface area contributed by atoms with Gasteiger partial charge in [0.1, 0.15) is 11.9 Å². The zero-order chi connectivity index (χ0) is 33.4. The molecule has 258 valence electrons. The number of phenolic OH excluding ortho intramolecular Hbond substituents is 1. The summed E-state index contributed by atoms with van der Waals surface area (Å²) in [5.41, 5.74) is 0.655. The van der Waals surface area contributed by atoms with Gasteiger partial charge in [0, 0.05) is 17.8 Å². The van der Waals surface area contributed by atoms with Gasteiger partial charge < -0.3 is 15.1 Å². The van der Waals surface area contributed by atoms with Crippen molar-refractivity contribution in [3.05, 3.63) is 29.3 Å². The second-order valence-corrected chi connectivity index (χ2v) is 14.6. The molecule has 3 aliphatic rings. The average Bonchev–Trinajstić information content (AvgIpc) is 3.16. The highest BCUT2D eigenvalue weighted by atomic mass is 19.4. The van der Waals surface area contributed by atoms with Gasteiger partial charge in [0.25, 0.3) is 0 Å². The lowest BCUT2D eigenvalue weighted by Gasteiger charge is -2.56. The molecule has 2 saturated carbocycles. The van der Waals surface area contributed by atoms with Crippen LogP contribution in [0, 0.1) is 23.2 Å². The van der Waals surface area contributed by atoms with E-state index < -0.39 is 48.1 Å². The maximum Gasteiger partial charge on any atom is 0.459 e. The van der Waals surface area contributed by atoms with Gasteiger partial charge in [-0.3, -0.25) is 0 Å². The summed E-state index contributed by atoms with van der Waals surface area (Å²) >= 11 is 0. The first kappa shape index (κ1) is 36.2. The quantitative estimate of drug-likeness (QED) is 0.155. The van der Waals surface area contributed by atoms with Crippen LogP contribution in [0.5, 0.6) is 5.75 Å².